The van der Waals surface area contributed by atoms with Crippen molar-refractivity contribution in [3.05, 3.63) is 68.4 Å². The highest BCUT2D eigenvalue weighted by atomic mass is 79.9. The van der Waals surface area contributed by atoms with E-state index in [1.54, 1.807) is 27.8 Å². The molecule has 0 saturated heterocycles. The second-order valence-corrected chi connectivity index (χ2v) is 11.0. The van der Waals surface area contributed by atoms with Crippen LogP contribution in [-0.4, -0.2) is 43.9 Å². The van der Waals surface area contributed by atoms with Gasteiger partial charge in [0.05, 0.1) is 22.0 Å². The third-order valence-corrected chi connectivity index (χ3v) is 6.74. The predicted molar refractivity (Wildman–Crippen MR) is 146 cm³/mol. The molecular weight excluding hydrogens is 565 g/mol. The predicted octanol–water partition coefficient (Wildman–Crippen LogP) is 7.44. The fourth-order valence-electron chi connectivity index (χ4n) is 3.76. The summed E-state index contributed by atoms with van der Waals surface area (Å²) in [6.07, 6.45) is 0. The quantitative estimate of drug-likeness (QED) is 0.233. The number of halogens is 3. The van der Waals surface area contributed by atoms with Gasteiger partial charge in [-0.2, -0.15) is 5.10 Å². The number of benzene rings is 2. The van der Waals surface area contributed by atoms with Gasteiger partial charge < -0.3 is 9.32 Å². The van der Waals surface area contributed by atoms with Gasteiger partial charge in [0, 0.05) is 33.6 Å². The second-order valence-electron chi connectivity index (χ2n) is 9.23. The molecule has 10 heteroatoms. The molecule has 36 heavy (non-hydrogen) atoms. The van der Waals surface area contributed by atoms with Crippen LogP contribution in [0.25, 0.3) is 28.5 Å². The first-order chi connectivity index (χ1) is 17.0. The molecule has 0 unspecified atom stereocenters. The van der Waals surface area contributed by atoms with Crippen molar-refractivity contribution in [2.24, 2.45) is 0 Å². The monoisotopic (exact) mass is 589 g/mol. The maximum atomic E-state index is 14.0. The van der Waals surface area contributed by atoms with E-state index in [0.717, 1.165) is 10.0 Å². The van der Waals surface area contributed by atoms with E-state index in [9.17, 15) is 4.79 Å². The third-order valence-electron chi connectivity index (χ3n) is 5.67. The summed E-state index contributed by atoms with van der Waals surface area (Å²) < 4.78 is 8.61. The van der Waals surface area contributed by atoms with Crippen molar-refractivity contribution in [3.8, 4) is 28.5 Å². The smallest absolute Gasteiger partial charge is 0.269 e. The van der Waals surface area contributed by atoms with E-state index in [1.165, 1.54) is 0 Å². The molecule has 2 aromatic carbocycles. The topological polar surface area (TPSA) is 77.1 Å². The van der Waals surface area contributed by atoms with E-state index in [1.807, 2.05) is 58.9 Å². The van der Waals surface area contributed by atoms with Gasteiger partial charge in [-0.05, 0) is 44.2 Å². The van der Waals surface area contributed by atoms with Crippen LogP contribution in [0.1, 0.15) is 50.9 Å². The first-order valence-corrected chi connectivity index (χ1v) is 13.1. The molecule has 2 heterocycles. The fourth-order valence-corrected chi connectivity index (χ4v) is 4.52. The van der Waals surface area contributed by atoms with Crippen LogP contribution in [0.4, 0.5) is 0 Å². The Morgan fingerprint density at radius 1 is 1.06 bits per heavy atom. The molecule has 7 nitrogen and oxygen atoms in total. The molecule has 0 fully saturated rings. The fraction of sp³-hybridized carbons (Fsp3) is 0.308. The van der Waals surface area contributed by atoms with E-state index >= 15 is 0 Å². The highest BCUT2D eigenvalue weighted by Crippen LogP contribution is 2.38. The Bertz CT molecular complexity index is 1400. The first kappa shape index (κ1) is 26.4. The molecule has 1 amide bonds. The molecule has 4 aromatic rings. The summed E-state index contributed by atoms with van der Waals surface area (Å²) >= 11 is 16.3. The van der Waals surface area contributed by atoms with Gasteiger partial charge in [0.2, 0.25) is 5.89 Å². The molecule has 0 N–H and O–H groups in total. The summed E-state index contributed by atoms with van der Waals surface area (Å²) in [5, 5.41) is 14.2. The number of hydrogen-bond donors (Lipinski definition) is 0. The van der Waals surface area contributed by atoms with Crippen molar-refractivity contribution in [2.75, 3.05) is 13.1 Å². The Labute approximate surface area is 228 Å². The molecule has 0 atom stereocenters. The minimum absolute atomic E-state index is 0.164. The molecule has 0 spiro atoms. The van der Waals surface area contributed by atoms with Crippen molar-refractivity contribution in [1.82, 2.24) is 24.9 Å². The largest absolute Gasteiger partial charge is 0.419 e. The van der Waals surface area contributed by atoms with Gasteiger partial charge in [-0.1, -0.05) is 72.0 Å². The zero-order valence-electron chi connectivity index (χ0n) is 20.6. The number of carbonyl (C=O) groups is 1. The van der Waals surface area contributed by atoms with Gasteiger partial charge in [0.15, 0.2) is 5.69 Å². The van der Waals surface area contributed by atoms with Crippen LogP contribution < -0.4 is 0 Å². The summed E-state index contributed by atoms with van der Waals surface area (Å²) in [5.41, 5.74) is 2.18. The number of hydrogen-bond acceptors (Lipinski definition) is 5. The minimum atomic E-state index is -0.370. The Morgan fingerprint density at radius 2 is 1.72 bits per heavy atom. The first-order valence-electron chi connectivity index (χ1n) is 11.5. The number of aromatic nitrogens is 4. The third kappa shape index (κ3) is 5.08. The normalized spacial score (nSPS) is 11.7. The van der Waals surface area contributed by atoms with E-state index in [-0.39, 0.29) is 17.2 Å². The molecule has 4 rings (SSSR count). The molecule has 0 aliphatic rings. The Balaban J connectivity index is 2.09. The van der Waals surface area contributed by atoms with Gasteiger partial charge in [0.25, 0.3) is 11.8 Å². The molecule has 0 aliphatic carbocycles. The molecule has 2 aromatic heterocycles. The van der Waals surface area contributed by atoms with Crippen LogP contribution in [0.2, 0.25) is 10.0 Å². The molecule has 0 aliphatic heterocycles. The van der Waals surface area contributed by atoms with Gasteiger partial charge in [0.1, 0.15) is 0 Å². The summed E-state index contributed by atoms with van der Waals surface area (Å²) in [7, 11) is 0. The lowest BCUT2D eigenvalue weighted by atomic mass is 9.97. The van der Waals surface area contributed by atoms with Crippen molar-refractivity contribution in [1.29, 1.82) is 0 Å². The van der Waals surface area contributed by atoms with Crippen LogP contribution in [0.3, 0.4) is 0 Å². The van der Waals surface area contributed by atoms with Gasteiger partial charge in [-0.15, -0.1) is 10.2 Å². The lowest BCUT2D eigenvalue weighted by Crippen LogP contribution is -2.31. The second kappa shape index (κ2) is 10.4. The molecule has 188 valence electrons. The summed E-state index contributed by atoms with van der Waals surface area (Å²) in [4.78, 5) is 15.7. The van der Waals surface area contributed by atoms with Crippen LogP contribution >= 0.6 is 39.1 Å². The van der Waals surface area contributed by atoms with Gasteiger partial charge in [-0.25, -0.2) is 4.68 Å². The average Bonchev–Trinajstić information content (AvgIpc) is 3.46. The van der Waals surface area contributed by atoms with Crippen LogP contribution in [0.15, 0.2) is 51.4 Å². The van der Waals surface area contributed by atoms with Crippen molar-refractivity contribution in [2.45, 2.75) is 40.0 Å². The molecule has 0 radical (unpaired) electrons. The molecule has 0 saturated carbocycles. The maximum absolute atomic E-state index is 14.0. The van der Waals surface area contributed by atoms with E-state index < -0.39 is 0 Å². The Morgan fingerprint density at radius 3 is 2.28 bits per heavy atom. The minimum Gasteiger partial charge on any atom is -0.419 e. The number of rotatable bonds is 6. The van der Waals surface area contributed by atoms with E-state index in [0.29, 0.717) is 51.7 Å². The summed E-state index contributed by atoms with van der Waals surface area (Å²) in [5.74, 6) is 0.417. The molecule has 0 bridgehead atoms. The van der Waals surface area contributed by atoms with E-state index in [4.69, 9.17) is 32.7 Å². The zero-order valence-corrected chi connectivity index (χ0v) is 23.7. The Hall–Kier alpha value is -2.68. The van der Waals surface area contributed by atoms with E-state index in [2.05, 4.69) is 26.1 Å². The number of amides is 1. The summed E-state index contributed by atoms with van der Waals surface area (Å²) in [6, 6.07) is 12.8. The Kier molecular flexibility index (Phi) is 7.59. The SMILES string of the molecule is CCN(CC)C(=O)c1c(-c2nnc(C(C)(C)C)o2)nn(-c2ccc(Cl)cc2Cl)c1-c1ccc(Br)cc1. The van der Waals surface area contributed by atoms with Crippen molar-refractivity contribution in [3.63, 3.8) is 0 Å². The van der Waals surface area contributed by atoms with Crippen LogP contribution in [0.5, 0.6) is 0 Å². The lowest BCUT2D eigenvalue weighted by Gasteiger charge is -2.19. The highest BCUT2D eigenvalue weighted by molar-refractivity contribution is 9.10. The standard InChI is InChI=1S/C26H26BrCl2N5O2/c1-6-33(7-2)24(35)20-21(23-30-31-25(36-23)26(3,4)5)32-34(19-13-12-17(28)14-18(19)29)22(20)15-8-10-16(27)11-9-15/h8-14H,6-7H2,1-5H3. The maximum Gasteiger partial charge on any atom is 0.269 e. The average molecular weight is 591 g/mol. The zero-order chi connectivity index (χ0) is 26.2. The number of carbonyl (C=O) groups excluding carboxylic acids is 1. The lowest BCUT2D eigenvalue weighted by molar-refractivity contribution is 0.0774. The highest BCUT2D eigenvalue weighted by Gasteiger charge is 2.33. The molecular formula is C26H26BrCl2N5O2. The van der Waals surface area contributed by atoms with Gasteiger partial charge in [-0.3, -0.25) is 4.79 Å². The van der Waals surface area contributed by atoms with Crippen molar-refractivity contribution >= 4 is 45.0 Å². The van der Waals surface area contributed by atoms with Crippen molar-refractivity contribution < 1.29 is 9.21 Å². The van der Waals surface area contributed by atoms with Gasteiger partial charge >= 0.3 is 0 Å². The van der Waals surface area contributed by atoms with Crippen LogP contribution in [-0.2, 0) is 5.41 Å². The summed E-state index contributed by atoms with van der Waals surface area (Å²) in [6.45, 7) is 10.9. The van der Waals surface area contributed by atoms with Crippen LogP contribution in [0, 0.1) is 0 Å². The number of nitrogens with zero attached hydrogens (tertiary/aromatic N) is 5.